The molecule has 2 rings (SSSR count). The number of sulfone groups is 1. The molecular formula is C14H21NO3S. The van der Waals surface area contributed by atoms with Crippen molar-refractivity contribution in [2.45, 2.75) is 24.2 Å². The summed E-state index contributed by atoms with van der Waals surface area (Å²) in [4.78, 5) is 0.268. The molecule has 0 aliphatic carbocycles. The smallest absolute Gasteiger partial charge is 0.179 e. The average Bonchev–Trinajstić information content (AvgIpc) is 2.38. The van der Waals surface area contributed by atoms with E-state index in [0.717, 1.165) is 25.1 Å². The third-order valence-corrected chi connectivity index (χ3v) is 4.75. The third kappa shape index (κ3) is 3.70. The molecule has 1 aliphatic heterocycles. The molecule has 0 atom stereocenters. The fourth-order valence-electron chi connectivity index (χ4n) is 2.56. The molecule has 0 saturated carbocycles. The van der Waals surface area contributed by atoms with E-state index in [2.05, 4.69) is 5.32 Å². The lowest BCUT2D eigenvalue weighted by molar-refractivity contribution is 0.370. The van der Waals surface area contributed by atoms with Crippen molar-refractivity contribution in [3.8, 4) is 5.75 Å². The van der Waals surface area contributed by atoms with Gasteiger partial charge in [0.2, 0.25) is 0 Å². The van der Waals surface area contributed by atoms with Crippen LogP contribution in [0.4, 0.5) is 0 Å². The van der Waals surface area contributed by atoms with Crippen LogP contribution in [0.3, 0.4) is 0 Å². The quantitative estimate of drug-likeness (QED) is 0.912. The number of nitrogens with one attached hydrogen (secondary N) is 1. The zero-order valence-corrected chi connectivity index (χ0v) is 12.3. The van der Waals surface area contributed by atoms with Crippen LogP contribution in [-0.2, 0) is 16.3 Å². The highest BCUT2D eigenvalue weighted by molar-refractivity contribution is 7.90. The SMILES string of the molecule is COc1cc(CC2CCNCC2)ccc1S(C)(=O)=O. The Morgan fingerprint density at radius 1 is 1.32 bits per heavy atom. The molecule has 1 aliphatic rings. The summed E-state index contributed by atoms with van der Waals surface area (Å²) in [7, 11) is -1.72. The van der Waals surface area contributed by atoms with E-state index in [4.69, 9.17) is 4.74 Å². The van der Waals surface area contributed by atoms with Gasteiger partial charge < -0.3 is 10.1 Å². The van der Waals surface area contributed by atoms with Gasteiger partial charge >= 0.3 is 0 Å². The summed E-state index contributed by atoms with van der Waals surface area (Å²) in [5, 5.41) is 3.35. The van der Waals surface area contributed by atoms with Crippen LogP contribution in [0.25, 0.3) is 0 Å². The lowest BCUT2D eigenvalue weighted by atomic mass is 9.91. The molecule has 1 aromatic carbocycles. The lowest BCUT2D eigenvalue weighted by Crippen LogP contribution is -2.28. The molecule has 1 fully saturated rings. The van der Waals surface area contributed by atoms with Crippen molar-refractivity contribution >= 4 is 9.84 Å². The second-order valence-corrected chi connectivity index (χ2v) is 7.14. The first kappa shape index (κ1) is 14.3. The van der Waals surface area contributed by atoms with Crippen LogP contribution in [0.15, 0.2) is 23.1 Å². The van der Waals surface area contributed by atoms with Crippen LogP contribution < -0.4 is 10.1 Å². The van der Waals surface area contributed by atoms with Crippen molar-refractivity contribution in [3.05, 3.63) is 23.8 Å². The van der Waals surface area contributed by atoms with E-state index in [1.807, 2.05) is 12.1 Å². The van der Waals surface area contributed by atoms with Crippen molar-refractivity contribution < 1.29 is 13.2 Å². The van der Waals surface area contributed by atoms with Crippen molar-refractivity contribution in [2.24, 2.45) is 5.92 Å². The minimum absolute atomic E-state index is 0.268. The molecule has 1 heterocycles. The number of ether oxygens (including phenoxy) is 1. The van der Waals surface area contributed by atoms with Gasteiger partial charge in [-0.1, -0.05) is 6.07 Å². The van der Waals surface area contributed by atoms with Gasteiger partial charge in [-0.05, 0) is 56.0 Å². The summed E-state index contributed by atoms with van der Waals surface area (Å²) in [5.41, 5.74) is 1.15. The van der Waals surface area contributed by atoms with Crippen molar-refractivity contribution in [1.29, 1.82) is 0 Å². The number of hydrogen-bond donors (Lipinski definition) is 1. The van der Waals surface area contributed by atoms with Gasteiger partial charge in [0.1, 0.15) is 10.6 Å². The molecule has 0 unspecified atom stereocenters. The second kappa shape index (κ2) is 5.92. The van der Waals surface area contributed by atoms with Crippen LogP contribution >= 0.6 is 0 Å². The Labute approximate surface area is 115 Å². The van der Waals surface area contributed by atoms with Gasteiger partial charge in [-0.2, -0.15) is 0 Å². The highest BCUT2D eigenvalue weighted by Crippen LogP contribution is 2.27. The molecule has 0 bridgehead atoms. The molecule has 0 radical (unpaired) electrons. The molecular weight excluding hydrogens is 262 g/mol. The van der Waals surface area contributed by atoms with Crippen LogP contribution in [0.1, 0.15) is 18.4 Å². The molecule has 0 spiro atoms. The Morgan fingerprint density at radius 3 is 2.58 bits per heavy atom. The van der Waals surface area contributed by atoms with E-state index in [1.54, 1.807) is 6.07 Å². The first-order valence-corrected chi connectivity index (χ1v) is 8.47. The Bertz CT molecular complexity index is 534. The molecule has 0 amide bonds. The molecule has 1 N–H and O–H groups in total. The first-order chi connectivity index (χ1) is 9.00. The van der Waals surface area contributed by atoms with Gasteiger partial charge in [0.25, 0.3) is 0 Å². The third-order valence-electron chi connectivity index (χ3n) is 3.61. The van der Waals surface area contributed by atoms with Gasteiger partial charge in [0.15, 0.2) is 9.84 Å². The molecule has 106 valence electrons. The van der Waals surface area contributed by atoms with E-state index in [0.29, 0.717) is 11.7 Å². The summed E-state index contributed by atoms with van der Waals surface area (Å²) in [5.74, 6) is 1.13. The predicted octanol–water partition coefficient (Wildman–Crippen LogP) is 1.64. The molecule has 4 nitrogen and oxygen atoms in total. The lowest BCUT2D eigenvalue weighted by Gasteiger charge is -2.22. The van der Waals surface area contributed by atoms with Gasteiger partial charge in [0, 0.05) is 6.26 Å². The summed E-state index contributed by atoms with van der Waals surface area (Å²) in [6.07, 6.45) is 4.55. The van der Waals surface area contributed by atoms with Crippen LogP contribution in [0, 0.1) is 5.92 Å². The maximum atomic E-state index is 11.6. The van der Waals surface area contributed by atoms with Crippen molar-refractivity contribution in [1.82, 2.24) is 5.32 Å². The highest BCUT2D eigenvalue weighted by atomic mass is 32.2. The van der Waals surface area contributed by atoms with Crippen LogP contribution in [-0.4, -0.2) is 34.9 Å². The molecule has 5 heteroatoms. The Balaban J connectivity index is 2.19. The minimum atomic E-state index is -3.23. The van der Waals surface area contributed by atoms with E-state index >= 15 is 0 Å². The van der Waals surface area contributed by atoms with Gasteiger partial charge in [-0.25, -0.2) is 8.42 Å². The standard InChI is InChI=1S/C14H21NO3S/c1-18-13-10-12(3-4-14(13)19(2,16)17)9-11-5-7-15-8-6-11/h3-4,10-11,15H,5-9H2,1-2H3. The number of benzene rings is 1. The number of piperidine rings is 1. The molecule has 19 heavy (non-hydrogen) atoms. The maximum Gasteiger partial charge on any atom is 0.179 e. The van der Waals surface area contributed by atoms with Gasteiger partial charge in [-0.15, -0.1) is 0 Å². The molecule has 1 aromatic rings. The normalized spacial score (nSPS) is 17.4. The van der Waals surface area contributed by atoms with Crippen LogP contribution in [0.2, 0.25) is 0 Å². The fourth-order valence-corrected chi connectivity index (χ4v) is 3.39. The topological polar surface area (TPSA) is 55.4 Å². The average molecular weight is 283 g/mol. The Morgan fingerprint density at radius 2 is 2.00 bits per heavy atom. The zero-order valence-electron chi connectivity index (χ0n) is 11.5. The van der Waals surface area contributed by atoms with E-state index in [9.17, 15) is 8.42 Å². The molecule has 0 aromatic heterocycles. The van der Waals surface area contributed by atoms with Crippen molar-refractivity contribution in [2.75, 3.05) is 26.5 Å². The minimum Gasteiger partial charge on any atom is -0.495 e. The summed E-state index contributed by atoms with van der Waals surface area (Å²) in [6.45, 7) is 2.15. The molecule has 1 saturated heterocycles. The number of hydrogen-bond acceptors (Lipinski definition) is 4. The first-order valence-electron chi connectivity index (χ1n) is 6.58. The zero-order chi connectivity index (χ0) is 13.9. The summed E-state index contributed by atoms with van der Waals surface area (Å²) < 4.78 is 28.5. The van der Waals surface area contributed by atoms with Crippen molar-refractivity contribution in [3.63, 3.8) is 0 Å². The fraction of sp³-hybridized carbons (Fsp3) is 0.571. The van der Waals surface area contributed by atoms with Crippen LogP contribution in [0.5, 0.6) is 5.75 Å². The highest BCUT2D eigenvalue weighted by Gasteiger charge is 2.17. The number of methoxy groups -OCH3 is 1. The van der Waals surface area contributed by atoms with Gasteiger partial charge in [0.05, 0.1) is 7.11 Å². The number of rotatable bonds is 4. The van der Waals surface area contributed by atoms with Gasteiger partial charge in [-0.3, -0.25) is 0 Å². The maximum absolute atomic E-state index is 11.6. The van der Waals surface area contributed by atoms with E-state index < -0.39 is 9.84 Å². The predicted molar refractivity (Wildman–Crippen MR) is 75.4 cm³/mol. The summed E-state index contributed by atoms with van der Waals surface area (Å²) in [6, 6.07) is 5.42. The Kier molecular flexibility index (Phi) is 4.47. The Hall–Kier alpha value is -1.07. The monoisotopic (exact) mass is 283 g/mol. The second-order valence-electron chi connectivity index (χ2n) is 5.15. The van der Waals surface area contributed by atoms with E-state index in [1.165, 1.54) is 26.2 Å². The largest absolute Gasteiger partial charge is 0.495 e. The van der Waals surface area contributed by atoms with E-state index in [-0.39, 0.29) is 4.90 Å². The summed E-state index contributed by atoms with van der Waals surface area (Å²) >= 11 is 0.